The van der Waals surface area contributed by atoms with Crippen molar-refractivity contribution in [2.45, 2.75) is 44.8 Å². The van der Waals surface area contributed by atoms with Crippen LogP contribution in [0.2, 0.25) is 10.0 Å². The minimum Gasteiger partial charge on any atom is -0.460 e. The number of hydrogen-bond donors (Lipinski definition) is 1. The smallest absolute Gasteiger partial charge is 0.240 e. The van der Waals surface area contributed by atoms with Crippen molar-refractivity contribution in [3.05, 3.63) is 82.6 Å². The number of pyridine rings is 1. The maximum Gasteiger partial charge on any atom is 0.240 e. The molecule has 1 N–H and O–H groups in total. The molecule has 0 aliphatic heterocycles. The van der Waals surface area contributed by atoms with E-state index < -0.39 is 0 Å². The van der Waals surface area contributed by atoms with Crippen molar-refractivity contribution in [1.29, 1.82) is 0 Å². The molecule has 0 atom stereocenters. The standard InChI is InChI=1S/C29H30Cl2N4O2/c1-34(24-5-3-2-4-6-24)19-37-29-25(18-36)28(35(33-29)27-12-11-23(30)17-26(27)31)22-9-7-20(8-10-22)21-13-15-32-16-14-21/h7-17,24,36H,2-6,18-19H2,1H3. The summed E-state index contributed by atoms with van der Waals surface area (Å²) in [6.07, 6.45) is 9.71. The molecular formula is C29H30Cl2N4O2. The van der Waals surface area contributed by atoms with E-state index in [-0.39, 0.29) is 6.61 Å². The lowest BCUT2D eigenvalue weighted by atomic mass is 9.95. The van der Waals surface area contributed by atoms with Gasteiger partial charge in [-0.3, -0.25) is 9.88 Å². The van der Waals surface area contributed by atoms with Crippen LogP contribution in [0.1, 0.15) is 37.7 Å². The molecule has 1 saturated carbocycles. The Hall–Kier alpha value is -2.90. The summed E-state index contributed by atoms with van der Waals surface area (Å²) in [7, 11) is 2.08. The molecule has 2 aromatic heterocycles. The normalized spacial score (nSPS) is 14.3. The third-order valence-corrected chi connectivity index (χ3v) is 7.56. The Morgan fingerprint density at radius 2 is 1.62 bits per heavy atom. The van der Waals surface area contributed by atoms with E-state index >= 15 is 0 Å². The van der Waals surface area contributed by atoms with Crippen LogP contribution in [0.15, 0.2) is 67.0 Å². The van der Waals surface area contributed by atoms with Crippen LogP contribution in [0.25, 0.3) is 28.1 Å². The van der Waals surface area contributed by atoms with Gasteiger partial charge < -0.3 is 9.84 Å². The van der Waals surface area contributed by atoms with E-state index in [0.29, 0.717) is 39.9 Å². The average molecular weight is 537 g/mol. The number of benzene rings is 2. The minimum atomic E-state index is -0.227. The van der Waals surface area contributed by atoms with E-state index in [9.17, 15) is 5.11 Å². The Balaban J connectivity index is 1.53. The Bertz CT molecular complexity index is 1340. The topological polar surface area (TPSA) is 63.4 Å². The van der Waals surface area contributed by atoms with Gasteiger partial charge in [0.05, 0.1) is 28.6 Å². The lowest BCUT2D eigenvalue weighted by Crippen LogP contribution is -2.36. The van der Waals surface area contributed by atoms with Crippen LogP contribution in [0.4, 0.5) is 0 Å². The van der Waals surface area contributed by atoms with Gasteiger partial charge >= 0.3 is 0 Å². The van der Waals surface area contributed by atoms with Crippen molar-refractivity contribution < 1.29 is 9.84 Å². The second-order valence-corrected chi connectivity index (χ2v) is 10.3. The van der Waals surface area contributed by atoms with Gasteiger partial charge in [0, 0.05) is 29.0 Å². The summed E-state index contributed by atoms with van der Waals surface area (Å²) in [6.45, 7) is 0.165. The minimum absolute atomic E-state index is 0.227. The third kappa shape index (κ3) is 5.68. The molecule has 5 rings (SSSR count). The molecule has 0 amide bonds. The molecule has 8 heteroatoms. The van der Waals surface area contributed by atoms with E-state index in [0.717, 1.165) is 22.4 Å². The van der Waals surface area contributed by atoms with E-state index in [1.165, 1.54) is 32.1 Å². The van der Waals surface area contributed by atoms with Crippen LogP contribution in [-0.2, 0) is 6.61 Å². The molecule has 37 heavy (non-hydrogen) atoms. The fourth-order valence-electron chi connectivity index (χ4n) is 4.97. The molecule has 6 nitrogen and oxygen atoms in total. The quantitative estimate of drug-likeness (QED) is 0.245. The zero-order valence-electron chi connectivity index (χ0n) is 20.8. The second-order valence-electron chi connectivity index (χ2n) is 9.43. The van der Waals surface area contributed by atoms with E-state index in [1.807, 2.05) is 42.5 Å². The summed E-state index contributed by atoms with van der Waals surface area (Å²) in [5, 5.41) is 16.3. The zero-order chi connectivity index (χ0) is 25.8. The number of hydrogen-bond acceptors (Lipinski definition) is 5. The van der Waals surface area contributed by atoms with E-state index in [1.54, 1.807) is 29.2 Å². The van der Waals surface area contributed by atoms with Gasteiger partial charge in [0.2, 0.25) is 5.88 Å². The number of halogens is 2. The van der Waals surface area contributed by atoms with Crippen molar-refractivity contribution in [1.82, 2.24) is 19.7 Å². The van der Waals surface area contributed by atoms with Gasteiger partial charge in [-0.25, -0.2) is 4.68 Å². The number of ether oxygens (including phenoxy) is 1. The molecule has 0 unspecified atom stereocenters. The molecule has 1 fully saturated rings. The lowest BCUT2D eigenvalue weighted by molar-refractivity contribution is 0.0860. The van der Waals surface area contributed by atoms with Crippen molar-refractivity contribution in [3.63, 3.8) is 0 Å². The molecule has 192 valence electrons. The molecule has 0 spiro atoms. The van der Waals surface area contributed by atoms with Crippen molar-refractivity contribution >= 4 is 23.2 Å². The molecule has 2 aromatic carbocycles. The van der Waals surface area contributed by atoms with Crippen LogP contribution in [-0.4, -0.2) is 44.6 Å². The average Bonchev–Trinajstić information content (AvgIpc) is 3.31. The number of aliphatic hydroxyl groups is 1. The highest BCUT2D eigenvalue weighted by molar-refractivity contribution is 6.35. The highest BCUT2D eigenvalue weighted by atomic mass is 35.5. The molecule has 4 aromatic rings. The third-order valence-electron chi connectivity index (χ3n) is 7.02. The van der Waals surface area contributed by atoms with Gasteiger partial charge in [-0.05, 0) is 61.3 Å². The second kappa shape index (κ2) is 11.7. The first-order valence-corrected chi connectivity index (χ1v) is 13.3. The fraction of sp³-hybridized carbons (Fsp3) is 0.310. The van der Waals surface area contributed by atoms with Crippen LogP contribution in [0.5, 0.6) is 5.88 Å². The summed E-state index contributed by atoms with van der Waals surface area (Å²) < 4.78 is 7.96. The van der Waals surface area contributed by atoms with Crippen LogP contribution in [0.3, 0.4) is 0 Å². The molecule has 2 heterocycles. The number of rotatable bonds is 8. The number of aromatic nitrogens is 3. The Morgan fingerprint density at radius 1 is 0.946 bits per heavy atom. The largest absolute Gasteiger partial charge is 0.460 e. The monoisotopic (exact) mass is 536 g/mol. The predicted octanol–water partition coefficient (Wildman–Crippen LogP) is 7.00. The van der Waals surface area contributed by atoms with Gasteiger partial charge in [0.1, 0.15) is 6.73 Å². The van der Waals surface area contributed by atoms with Crippen molar-refractivity contribution in [2.24, 2.45) is 0 Å². The van der Waals surface area contributed by atoms with E-state index in [4.69, 9.17) is 33.0 Å². The molecule has 0 saturated heterocycles. The Morgan fingerprint density at radius 3 is 2.30 bits per heavy atom. The first-order valence-electron chi connectivity index (χ1n) is 12.6. The summed E-state index contributed by atoms with van der Waals surface area (Å²) in [5.74, 6) is 0.393. The first-order chi connectivity index (χ1) is 18.0. The fourth-order valence-corrected chi connectivity index (χ4v) is 5.46. The molecule has 1 aliphatic carbocycles. The molecule has 0 bridgehead atoms. The number of aliphatic hydroxyl groups excluding tert-OH is 1. The van der Waals surface area contributed by atoms with Crippen molar-refractivity contribution in [3.8, 4) is 34.0 Å². The van der Waals surface area contributed by atoms with E-state index in [2.05, 4.69) is 16.9 Å². The van der Waals surface area contributed by atoms with Gasteiger partial charge in [-0.2, -0.15) is 0 Å². The molecular weight excluding hydrogens is 507 g/mol. The SMILES string of the molecule is CN(COc1nn(-c2ccc(Cl)cc2Cl)c(-c2ccc(-c3ccncc3)cc2)c1CO)C1CCCCC1. The molecule has 0 radical (unpaired) electrons. The molecule has 1 aliphatic rings. The van der Waals surface area contributed by atoms with Crippen LogP contribution in [0, 0.1) is 0 Å². The van der Waals surface area contributed by atoms with Gasteiger partial charge in [-0.15, -0.1) is 5.10 Å². The maximum atomic E-state index is 10.5. The lowest BCUT2D eigenvalue weighted by Gasteiger charge is -2.30. The summed E-state index contributed by atoms with van der Waals surface area (Å²) in [5.41, 5.74) is 5.02. The summed E-state index contributed by atoms with van der Waals surface area (Å²) >= 11 is 12.8. The summed E-state index contributed by atoms with van der Waals surface area (Å²) in [4.78, 5) is 6.34. The van der Waals surface area contributed by atoms with Crippen LogP contribution < -0.4 is 4.74 Å². The van der Waals surface area contributed by atoms with Gasteiger partial charge in [-0.1, -0.05) is 66.7 Å². The Kier molecular flexibility index (Phi) is 8.11. The predicted molar refractivity (Wildman–Crippen MR) is 148 cm³/mol. The highest BCUT2D eigenvalue weighted by Gasteiger charge is 2.24. The Labute approximate surface area is 227 Å². The summed E-state index contributed by atoms with van der Waals surface area (Å²) in [6, 6.07) is 17.9. The van der Waals surface area contributed by atoms with Crippen LogP contribution >= 0.6 is 23.2 Å². The van der Waals surface area contributed by atoms with Crippen molar-refractivity contribution in [2.75, 3.05) is 13.8 Å². The maximum absolute atomic E-state index is 10.5. The highest BCUT2D eigenvalue weighted by Crippen LogP contribution is 2.37. The van der Waals surface area contributed by atoms with Gasteiger partial charge in [0.25, 0.3) is 0 Å². The first kappa shape index (κ1) is 25.7. The number of nitrogens with zero attached hydrogens (tertiary/aromatic N) is 4. The van der Waals surface area contributed by atoms with Gasteiger partial charge in [0.15, 0.2) is 0 Å². The zero-order valence-corrected chi connectivity index (χ0v) is 22.3.